The zero-order valence-electron chi connectivity index (χ0n) is 14.4. The van der Waals surface area contributed by atoms with Gasteiger partial charge in [0.05, 0.1) is 17.4 Å². The van der Waals surface area contributed by atoms with Gasteiger partial charge in [0.2, 0.25) is 5.91 Å². The van der Waals surface area contributed by atoms with Crippen LogP contribution in [0.2, 0.25) is 0 Å². The maximum atomic E-state index is 12.9. The lowest BCUT2D eigenvalue weighted by atomic mass is 9.87. The van der Waals surface area contributed by atoms with Crippen molar-refractivity contribution in [2.45, 2.75) is 46.1 Å². The third-order valence-electron chi connectivity index (χ3n) is 5.38. The van der Waals surface area contributed by atoms with Crippen LogP contribution in [0.1, 0.15) is 37.2 Å². The Morgan fingerprint density at radius 2 is 1.91 bits per heavy atom. The lowest BCUT2D eigenvalue weighted by molar-refractivity contribution is -0.124. The molecule has 0 bridgehead atoms. The monoisotopic (exact) mass is 311 g/mol. The van der Waals surface area contributed by atoms with Crippen molar-refractivity contribution in [2.75, 3.05) is 6.54 Å². The quantitative estimate of drug-likeness (QED) is 0.923. The number of hydrogen-bond acceptors (Lipinski definition) is 2. The van der Waals surface area contributed by atoms with Gasteiger partial charge >= 0.3 is 0 Å². The molecule has 1 fully saturated rings. The van der Waals surface area contributed by atoms with Gasteiger partial charge in [0.1, 0.15) is 0 Å². The first kappa shape index (κ1) is 15.8. The predicted molar refractivity (Wildman–Crippen MR) is 91.2 cm³/mol. The normalized spacial score (nSPS) is 21.9. The maximum Gasteiger partial charge on any atom is 0.231 e. The summed E-state index contributed by atoms with van der Waals surface area (Å²) < 4.78 is 2.09. The number of imidazole rings is 1. The van der Waals surface area contributed by atoms with Crippen LogP contribution >= 0.6 is 0 Å². The molecule has 1 atom stereocenters. The largest absolute Gasteiger partial charge is 0.354 e. The van der Waals surface area contributed by atoms with Gasteiger partial charge in [-0.05, 0) is 31.2 Å². The fourth-order valence-corrected chi connectivity index (χ4v) is 3.56. The molecular weight excluding hydrogens is 286 g/mol. The molecule has 2 aromatic rings. The van der Waals surface area contributed by atoms with E-state index in [0.29, 0.717) is 6.54 Å². The molecule has 1 amide bonds. The number of nitrogens with zero attached hydrogens (tertiary/aromatic N) is 2. The molecule has 1 aliphatic carbocycles. The molecule has 1 heterocycles. The van der Waals surface area contributed by atoms with E-state index in [-0.39, 0.29) is 16.7 Å². The second-order valence-corrected chi connectivity index (χ2v) is 7.20. The summed E-state index contributed by atoms with van der Waals surface area (Å²) in [4.78, 5) is 17.2. The van der Waals surface area contributed by atoms with Crippen LogP contribution in [0.3, 0.4) is 0 Å². The zero-order chi connectivity index (χ0) is 16.7. The number of carbonyl (C=O) groups is 1. The molecule has 0 aliphatic heterocycles. The van der Waals surface area contributed by atoms with Crippen LogP contribution in [-0.2, 0) is 16.8 Å². The van der Waals surface area contributed by atoms with Crippen LogP contribution in [0.15, 0.2) is 36.7 Å². The summed E-state index contributed by atoms with van der Waals surface area (Å²) in [5.74, 6) is 0.142. The smallest absolute Gasteiger partial charge is 0.231 e. The summed E-state index contributed by atoms with van der Waals surface area (Å²) in [6, 6.07) is 10.1. The van der Waals surface area contributed by atoms with Gasteiger partial charge in [-0.25, -0.2) is 4.98 Å². The van der Waals surface area contributed by atoms with Crippen LogP contribution < -0.4 is 5.32 Å². The summed E-state index contributed by atoms with van der Waals surface area (Å²) in [7, 11) is 0. The second kappa shape index (κ2) is 5.52. The lowest BCUT2D eigenvalue weighted by Crippen LogP contribution is -2.39. The molecule has 1 aliphatic rings. The molecule has 1 aromatic carbocycles. The molecule has 0 spiro atoms. The fourth-order valence-electron chi connectivity index (χ4n) is 3.56. The molecular formula is C19H25N3O. The summed E-state index contributed by atoms with van der Waals surface area (Å²) in [6.07, 6.45) is 2.74. The van der Waals surface area contributed by atoms with Gasteiger partial charge in [-0.1, -0.05) is 44.2 Å². The SMILES string of the molecule is Cc1ncn(CCNC(=O)[C@@]2(c3ccccc3)CC2(C)C)c1C. The molecule has 0 radical (unpaired) electrons. The highest BCUT2D eigenvalue weighted by molar-refractivity contribution is 5.93. The number of hydrogen-bond donors (Lipinski definition) is 1. The van der Waals surface area contributed by atoms with E-state index < -0.39 is 0 Å². The Morgan fingerprint density at radius 3 is 2.43 bits per heavy atom. The standard InChI is InChI=1S/C19H25N3O/c1-14-15(2)22(13-21-14)11-10-20-17(23)19(12-18(19,3)4)16-8-6-5-7-9-16/h5-9,13H,10-12H2,1-4H3,(H,20,23)/t19-/m0/s1. The topological polar surface area (TPSA) is 46.9 Å². The minimum Gasteiger partial charge on any atom is -0.354 e. The Bertz CT molecular complexity index is 717. The third kappa shape index (κ3) is 2.56. The molecule has 1 saturated carbocycles. The number of nitrogens with one attached hydrogen (secondary N) is 1. The van der Waals surface area contributed by atoms with Crippen molar-refractivity contribution in [2.24, 2.45) is 5.41 Å². The van der Waals surface area contributed by atoms with E-state index in [0.717, 1.165) is 29.9 Å². The van der Waals surface area contributed by atoms with Gasteiger partial charge in [0.15, 0.2) is 0 Å². The average molecular weight is 311 g/mol. The Kier molecular flexibility index (Phi) is 3.78. The number of carbonyl (C=O) groups excluding carboxylic acids is 1. The van der Waals surface area contributed by atoms with Gasteiger partial charge in [-0.2, -0.15) is 0 Å². The van der Waals surface area contributed by atoms with Crippen molar-refractivity contribution in [3.8, 4) is 0 Å². The summed E-state index contributed by atoms with van der Waals surface area (Å²) >= 11 is 0. The van der Waals surface area contributed by atoms with Crippen LogP contribution in [0.4, 0.5) is 0 Å². The molecule has 3 rings (SSSR count). The Hall–Kier alpha value is -2.10. The van der Waals surface area contributed by atoms with Crippen molar-refractivity contribution < 1.29 is 4.79 Å². The van der Waals surface area contributed by atoms with Crippen LogP contribution in [0.5, 0.6) is 0 Å². The molecule has 4 heteroatoms. The zero-order valence-corrected chi connectivity index (χ0v) is 14.4. The highest BCUT2D eigenvalue weighted by atomic mass is 16.2. The first-order chi connectivity index (χ1) is 10.9. The number of benzene rings is 1. The first-order valence-electron chi connectivity index (χ1n) is 8.21. The Balaban J connectivity index is 1.68. The van der Waals surface area contributed by atoms with Gasteiger partial charge in [-0.15, -0.1) is 0 Å². The van der Waals surface area contributed by atoms with E-state index in [1.165, 1.54) is 0 Å². The van der Waals surface area contributed by atoms with Crippen LogP contribution in [-0.4, -0.2) is 22.0 Å². The Morgan fingerprint density at radius 1 is 1.26 bits per heavy atom. The van der Waals surface area contributed by atoms with E-state index in [9.17, 15) is 4.79 Å². The van der Waals surface area contributed by atoms with Crippen LogP contribution in [0, 0.1) is 19.3 Å². The van der Waals surface area contributed by atoms with E-state index in [1.807, 2.05) is 31.5 Å². The number of amides is 1. The van der Waals surface area contributed by atoms with Gasteiger partial charge in [-0.3, -0.25) is 4.79 Å². The van der Waals surface area contributed by atoms with Crippen molar-refractivity contribution in [1.29, 1.82) is 0 Å². The first-order valence-corrected chi connectivity index (χ1v) is 8.21. The van der Waals surface area contributed by atoms with E-state index in [2.05, 4.69) is 47.8 Å². The van der Waals surface area contributed by atoms with E-state index in [4.69, 9.17) is 0 Å². The molecule has 4 nitrogen and oxygen atoms in total. The number of rotatable bonds is 5. The molecule has 1 N–H and O–H groups in total. The van der Waals surface area contributed by atoms with Crippen molar-refractivity contribution in [1.82, 2.24) is 14.9 Å². The maximum absolute atomic E-state index is 12.9. The number of aryl methyl sites for hydroxylation is 1. The Labute approximate surface area is 137 Å². The summed E-state index contributed by atoms with van der Waals surface area (Å²) in [6.45, 7) is 9.77. The molecule has 23 heavy (non-hydrogen) atoms. The van der Waals surface area contributed by atoms with Crippen molar-refractivity contribution >= 4 is 5.91 Å². The van der Waals surface area contributed by atoms with Gasteiger partial charge in [0, 0.05) is 18.8 Å². The highest BCUT2D eigenvalue weighted by Crippen LogP contribution is 2.64. The predicted octanol–water partition coefficient (Wildman–Crippen LogP) is 2.98. The van der Waals surface area contributed by atoms with Gasteiger partial charge in [0.25, 0.3) is 0 Å². The highest BCUT2D eigenvalue weighted by Gasteiger charge is 2.66. The molecule has 122 valence electrons. The average Bonchev–Trinajstić information content (AvgIpc) is 3.01. The molecule has 0 saturated heterocycles. The van der Waals surface area contributed by atoms with Crippen molar-refractivity contribution in [3.05, 3.63) is 53.6 Å². The van der Waals surface area contributed by atoms with Crippen LogP contribution in [0.25, 0.3) is 0 Å². The third-order valence-corrected chi connectivity index (χ3v) is 5.38. The lowest BCUT2D eigenvalue weighted by Gasteiger charge is -2.21. The second-order valence-electron chi connectivity index (χ2n) is 7.20. The van der Waals surface area contributed by atoms with E-state index >= 15 is 0 Å². The summed E-state index contributed by atoms with van der Waals surface area (Å²) in [5, 5.41) is 3.14. The van der Waals surface area contributed by atoms with Crippen molar-refractivity contribution in [3.63, 3.8) is 0 Å². The minimum absolute atomic E-state index is 0.0138. The summed E-state index contributed by atoms with van der Waals surface area (Å²) in [5.41, 5.74) is 2.95. The molecule has 1 aromatic heterocycles. The van der Waals surface area contributed by atoms with E-state index in [1.54, 1.807) is 0 Å². The fraction of sp³-hybridized carbons (Fsp3) is 0.474. The minimum atomic E-state index is -0.381. The molecule has 0 unspecified atom stereocenters. The van der Waals surface area contributed by atoms with Gasteiger partial charge < -0.3 is 9.88 Å². The number of aromatic nitrogens is 2.